The van der Waals surface area contributed by atoms with Crippen LogP contribution in [0.3, 0.4) is 0 Å². The van der Waals surface area contributed by atoms with Crippen molar-refractivity contribution < 1.29 is 14.3 Å². The Kier molecular flexibility index (Phi) is 6.76. The number of nitrogens with zero attached hydrogens (tertiary/aromatic N) is 2. The van der Waals surface area contributed by atoms with Gasteiger partial charge in [0.25, 0.3) is 0 Å². The predicted molar refractivity (Wildman–Crippen MR) is 95.7 cm³/mol. The predicted octanol–water partition coefficient (Wildman–Crippen LogP) is 2.65. The largest absolute Gasteiger partial charge is 0.465 e. The van der Waals surface area contributed by atoms with Crippen molar-refractivity contribution in [2.24, 2.45) is 0 Å². The van der Waals surface area contributed by atoms with Crippen molar-refractivity contribution in [3.63, 3.8) is 0 Å². The first-order valence-electron chi connectivity index (χ1n) is 6.92. The lowest BCUT2D eigenvalue weighted by atomic mass is 10.2. The van der Waals surface area contributed by atoms with Gasteiger partial charge < -0.3 is 15.4 Å². The SMILES string of the molecule is C=CCNc1nnc(SCC(=O)Nc2ccccc2C(=O)OC)s1. The molecular formula is C15H16N4O3S2. The minimum absolute atomic E-state index is 0.158. The standard InChI is InChI=1S/C15H16N4O3S2/c1-3-8-16-14-18-19-15(24-14)23-9-12(20)17-11-7-5-4-6-10(11)13(21)22-2/h3-7H,1,8-9H2,2H3,(H,16,18)(H,17,20). The second kappa shape index (κ2) is 9.04. The number of hydrogen-bond donors (Lipinski definition) is 2. The fourth-order valence-corrected chi connectivity index (χ4v) is 3.25. The molecule has 0 aliphatic carbocycles. The molecule has 7 nitrogen and oxygen atoms in total. The van der Waals surface area contributed by atoms with Crippen LogP contribution in [-0.4, -0.2) is 41.5 Å². The van der Waals surface area contributed by atoms with E-state index in [0.717, 1.165) is 0 Å². The lowest BCUT2D eigenvalue weighted by Crippen LogP contribution is -2.17. The molecule has 0 unspecified atom stereocenters. The maximum atomic E-state index is 12.1. The van der Waals surface area contributed by atoms with Gasteiger partial charge in [0.1, 0.15) is 0 Å². The fourth-order valence-electron chi connectivity index (χ4n) is 1.69. The molecule has 0 saturated heterocycles. The summed E-state index contributed by atoms with van der Waals surface area (Å²) in [6.07, 6.45) is 1.72. The molecule has 0 bridgehead atoms. The Morgan fingerprint density at radius 1 is 1.38 bits per heavy atom. The Morgan fingerprint density at radius 2 is 2.17 bits per heavy atom. The number of anilines is 2. The summed E-state index contributed by atoms with van der Waals surface area (Å²) in [5, 5.41) is 14.4. The second-order valence-electron chi connectivity index (χ2n) is 4.42. The number of thioether (sulfide) groups is 1. The van der Waals surface area contributed by atoms with Crippen LogP contribution in [0.15, 0.2) is 41.3 Å². The van der Waals surface area contributed by atoms with Gasteiger partial charge in [0.05, 0.1) is 24.1 Å². The molecule has 1 amide bonds. The molecule has 0 spiro atoms. The molecule has 1 heterocycles. The van der Waals surface area contributed by atoms with Crippen molar-refractivity contribution >= 4 is 45.8 Å². The molecule has 24 heavy (non-hydrogen) atoms. The average Bonchev–Trinajstić information content (AvgIpc) is 3.06. The van der Waals surface area contributed by atoms with Gasteiger partial charge >= 0.3 is 5.97 Å². The highest BCUT2D eigenvalue weighted by molar-refractivity contribution is 8.01. The van der Waals surface area contributed by atoms with Gasteiger partial charge in [-0.3, -0.25) is 4.79 Å². The highest BCUT2D eigenvalue weighted by atomic mass is 32.2. The van der Waals surface area contributed by atoms with Gasteiger partial charge in [0.15, 0.2) is 4.34 Å². The number of esters is 1. The van der Waals surface area contributed by atoms with E-state index in [1.807, 2.05) is 0 Å². The van der Waals surface area contributed by atoms with E-state index in [-0.39, 0.29) is 11.7 Å². The molecule has 126 valence electrons. The molecule has 1 aromatic heterocycles. The van der Waals surface area contributed by atoms with E-state index in [4.69, 9.17) is 4.74 Å². The van der Waals surface area contributed by atoms with Crippen molar-refractivity contribution in [2.45, 2.75) is 4.34 Å². The molecule has 2 N–H and O–H groups in total. The van der Waals surface area contributed by atoms with Gasteiger partial charge in [-0.25, -0.2) is 4.79 Å². The number of para-hydroxylation sites is 1. The monoisotopic (exact) mass is 364 g/mol. The third kappa shape index (κ3) is 5.07. The van der Waals surface area contributed by atoms with Crippen molar-refractivity contribution in [1.29, 1.82) is 0 Å². The van der Waals surface area contributed by atoms with Crippen LogP contribution >= 0.6 is 23.1 Å². The van der Waals surface area contributed by atoms with Crippen LogP contribution in [0.2, 0.25) is 0 Å². The van der Waals surface area contributed by atoms with E-state index in [1.165, 1.54) is 30.2 Å². The van der Waals surface area contributed by atoms with Gasteiger partial charge in [0.2, 0.25) is 11.0 Å². The number of nitrogens with one attached hydrogen (secondary N) is 2. The zero-order valence-electron chi connectivity index (χ0n) is 12.9. The van der Waals surface area contributed by atoms with E-state index < -0.39 is 5.97 Å². The summed E-state index contributed by atoms with van der Waals surface area (Å²) in [6.45, 7) is 4.21. The van der Waals surface area contributed by atoms with E-state index in [9.17, 15) is 9.59 Å². The smallest absolute Gasteiger partial charge is 0.339 e. The lowest BCUT2D eigenvalue weighted by Gasteiger charge is -2.08. The number of aromatic nitrogens is 2. The first-order chi connectivity index (χ1) is 11.6. The second-order valence-corrected chi connectivity index (χ2v) is 6.62. The van der Waals surface area contributed by atoms with Crippen molar-refractivity contribution in [3.05, 3.63) is 42.5 Å². The number of benzene rings is 1. The summed E-state index contributed by atoms with van der Waals surface area (Å²) in [5.74, 6) is -0.584. The number of hydrogen-bond acceptors (Lipinski definition) is 8. The number of amides is 1. The molecule has 2 rings (SSSR count). The topological polar surface area (TPSA) is 93.2 Å². The molecule has 0 aliphatic heterocycles. The number of carbonyl (C=O) groups excluding carboxylic acids is 2. The number of ether oxygens (including phenoxy) is 1. The lowest BCUT2D eigenvalue weighted by molar-refractivity contribution is -0.113. The van der Waals surface area contributed by atoms with Gasteiger partial charge in [-0.1, -0.05) is 41.3 Å². The van der Waals surface area contributed by atoms with Gasteiger partial charge in [0, 0.05) is 6.54 Å². The quantitative estimate of drug-likeness (QED) is 0.422. The van der Waals surface area contributed by atoms with Crippen molar-refractivity contribution in [3.8, 4) is 0 Å². The minimum Gasteiger partial charge on any atom is -0.465 e. The summed E-state index contributed by atoms with van der Waals surface area (Å²) in [4.78, 5) is 23.7. The molecule has 0 fully saturated rings. The molecule has 0 atom stereocenters. The summed E-state index contributed by atoms with van der Waals surface area (Å²) in [5.41, 5.74) is 0.728. The Labute approximate surface area is 147 Å². The Bertz CT molecular complexity index is 733. The molecule has 1 aromatic carbocycles. The summed E-state index contributed by atoms with van der Waals surface area (Å²) < 4.78 is 5.38. The highest BCUT2D eigenvalue weighted by Gasteiger charge is 2.14. The van der Waals surface area contributed by atoms with Gasteiger partial charge in [-0.05, 0) is 12.1 Å². The van der Waals surface area contributed by atoms with Crippen LogP contribution in [0, 0.1) is 0 Å². The molecular weight excluding hydrogens is 348 g/mol. The zero-order chi connectivity index (χ0) is 17.4. The first-order valence-corrected chi connectivity index (χ1v) is 8.72. The molecule has 0 saturated carbocycles. The van der Waals surface area contributed by atoms with E-state index >= 15 is 0 Å². The average molecular weight is 364 g/mol. The number of methoxy groups -OCH3 is 1. The molecule has 0 aliphatic rings. The Hall–Kier alpha value is -2.39. The number of carbonyl (C=O) groups is 2. The Balaban J connectivity index is 1.91. The van der Waals surface area contributed by atoms with E-state index in [1.54, 1.807) is 30.3 Å². The van der Waals surface area contributed by atoms with Gasteiger partial charge in [-0.15, -0.1) is 16.8 Å². The maximum absolute atomic E-state index is 12.1. The zero-order valence-corrected chi connectivity index (χ0v) is 14.6. The number of rotatable bonds is 8. The highest BCUT2D eigenvalue weighted by Crippen LogP contribution is 2.25. The van der Waals surface area contributed by atoms with Crippen LogP contribution in [0.4, 0.5) is 10.8 Å². The van der Waals surface area contributed by atoms with Crippen LogP contribution < -0.4 is 10.6 Å². The minimum atomic E-state index is -0.499. The summed E-state index contributed by atoms with van der Waals surface area (Å²) in [7, 11) is 1.30. The summed E-state index contributed by atoms with van der Waals surface area (Å²) >= 11 is 2.63. The normalized spacial score (nSPS) is 10.0. The third-order valence-electron chi connectivity index (χ3n) is 2.74. The van der Waals surface area contributed by atoms with Crippen LogP contribution in [0.25, 0.3) is 0 Å². The summed E-state index contributed by atoms with van der Waals surface area (Å²) in [6, 6.07) is 6.68. The van der Waals surface area contributed by atoms with E-state index in [0.29, 0.717) is 27.3 Å². The molecule has 9 heteroatoms. The first kappa shape index (κ1) is 18.0. The van der Waals surface area contributed by atoms with E-state index in [2.05, 4.69) is 27.4 Å². The molecule has 0 radical (unpaired) electrons. The third-order valence-corrected chi connectivity index (χ3v) is 4.75. The Morgan fingerprint density at radius 3 is 2.92 bits per heavy atom. The van der Waals surface area contributed by atoms with Crippen molar-refractivity contribution in [2.75, 3.05) is 30.0 Å². The van der Waals surface area contributed by atoms with Crippen molar-refractivity contribution in [1.82, 2.24) is 10.2 Å². The molecule has 2 aromatic rings. The maximum Gasteiger partial charge on any atom is 0.339 e. The fraction of sp³-hybridized carbons (Fsp3) is 0.200. The van der Waals surface area contributed by atoms with Gasteiger partial charge in [-0.2, -0.15) is 0 Å². The van der Waals surface area contributed by atoms with Crippen LogP contribution in [0.5, 0.6) is 0 Å². The van der Waals surface area contributed by atoms with Crippen LogP contribution in [-0.2, 0) is 9.53 Å². The van der Waals surface area contributed by atoms with Crippen LogP contribution in [0.1, 0.15) is 10.4 Å².